The number of hydrogen-bond donors (Lipinski definition) is 2. The standard InChI is InChI=1S/C23H17F3N6O/c24-23(25,26)15-6-4-5-14(11-15)9-10-27-22-28-12-17-19-18(13-29-31-19)21(33)32(20(17)30-22)16-7-2-1-3-8-16/h1-8,11-13H,9-10H2,(H,29,31)(H,27,28,30). The van der Waals surface area contributed by atoms with Gasteiger partial charge in [0.1, 0.15) is 5.52 Å². The molecule has 0 aliphatic heterocycles. The first-order valence-corrected chi connectivity index (χ1v) is 10.1. The van der Waals surface area contributed by atoms with Crippen molar-refractivity contribution in [3.8, 4) is 5.69 Å². The number of rotatable bonds is 5. The van der Waals surface area contributed by atoms with E-state index in [0.29, 0.717) is 46.2 Å². The molecule has 7 nitrogen and oxygen atoms in total. The van der Waals surface area contributed by atoms with E-state index < -0.39 is 11.7 Å². The topological polar surface area (TPSA) is 88.5 Å². The van der Waals surface area contributed by atoms with Crippen LogP contribution in [0.1, 0.15) is 11.1 Å². The average Bonchev–Trinajstić information content (AvgIpc) is 3.30. The molecule has 2 N–H and O–H groups in total. The van der Waals surface area contributed by atoms with Crippen molar-refractivity contribution in [1.29, 1.82) is 0 Å². The molecule has 3 heterocycles. The monoisotopic (exact) mass is 450 g/mol. The molecule has 0 saturated heterocycles. The molecule has 10 heteroatoms. The molecular formula is C23H17F3N6O. The number of halogens is 3. The summed E-state index contributed by atoms with van der Waals surface area (Å²) in [5.41, 5.74) is 1.07. The summed E-state index contributed by atoms with van der Waals surface area (Å²) < 4.78 is 40.3. The molecule has 5 rings (SSSR count). The second-order valence-electron chi connectivity index (χ2n) is 7.43. The third kappa shape index (κ3) is 3.91. The predicted molar refractivity (Wildman–Crippen MR) is 118 cm³/mol. The van der Waals surface area contributed by atoms with Gasteiger partial charge in [-0.3, -0.25) is 14.5 Å². The second kappa shape index (κ2) is 8.05. The van der Waals surface area contributed by atoms with E-state index in [1.165, 1.54) is 16.8 Å². The summed E-state index contributed by atoms with van der Waals surface area (Å²) >= 11 is 0. The number of alkyl halides is 3. The molecule has 2 aromatic carbocycles. The van der Waals surface area contributed by atoms with Gasteiger partial charge in [0.25, 0.3) is 5.56 Å². The number of H-pyrrole nitrogens is 1. The van der Waals surface area contributed by atoms with Gasteiger partial charge in [0, 0.05) is 18.9 Å². The summed E-state index contributed by atoms with van der Waals surface area (Å²) in [6, 6.07) is 14.3. The van der Waals surface area contributed by atoms with Gasteiger partial charge in [-0.2, -0.15) is 23.3 Å². The maximum Gasteiger partial charge on any atom is 0.416 e. The van der Waals surface area contributed by atoms with E-state index in [1.807, 2.05) is 18.2 Å². The molecule has 3 aromatic heterocycles. The van der Waals surface area contributed by atoms with Crippen LogP contribution in [0.15, 0.2) is 71.8 Å². The Bertz CT molecular complexity index is 1510. The Balaban J connectivity index is 1.48. The molecule has 5 aromatic rings. The summed E-state index contributed by atoms with van der Waals surface area (Å²) in [6.07, 6.45) is -0.923. The lowest BCUT2D eigenvalue weighted by Gasteiger charge is -2.12. The number of hydrogen-bond acceptors (Lipinski definition) is 5. The highest BCUT2D eigenvalue weighted by atomic mass is 19.4. The highest BCUT2D eigenvalue weighted by Gasteiger charge is 2.30. The first-order valence-electron chi connectivity index (χ1n) is 10.1. The molecule has 0 radical (unpaired) electrons. The largest absolute Gasteiger partial charge is 0.416 e. The summed E-state index contributed by atoms with van der Waals surface area (Å²) in [7, 11) is 0. The molecule has 0 atom stereocenters. The van der Waals surface area contributed by atoms with Gasteiger partial charge < -0.3 is 5.32 Å². The Labute approximate surface area is 184 Å². The Morgan fingerprint density at radius 2 is 1.85 bits per heavy atom. The predicted octanol–water partition coefficient (Wildman–Crippen LogP) is 4.33. The maximum atomic E-state index is 13.2. The lowest BCUT2D eigenvalue weighted by molar-refractivity contribution is -0.137. The van der Waals surface area contributed by atoms with Crippen molar-refractivity contribution < 1.29 is 13.2 Å². The SMILES string of the molecule is O=c1c2c[nH]nc2c2cnc(NCCc3cccc(C(F)(F)F)c3)nc2n1-c1ccccc1. The molecule has 0 unspecified atom stereocenters. The fourth-order valence-corrected chi connectivity index (χ4v) is 3.71. The van der Waals surface area contributed by atoms with Crippen LogP contribution < -0.4 is 10.9 Å². The number of nitrogens with one attached hydrogen (secondary N) is 2. The summed E-state index contributed by atoms with van der Waals surface area (Å²) in [5, 5.41) is 10.9. The van der Waals surface area contributed by atoms with Crippen molar-refractivity contribution in [3.63, 3.8) is 0 Å². The van der Waals surface area contributed by atoms with E-state index in [-0.39, 0.29) is 11.5 Å². The van der Waals surface area contributed by atoms with Crippen molar-refractivity contribution in [1.82, 2.24) is 24.7 Å². The fraction of sp³-hybridized carbons (Fsp3) is 0.130. The Morgan fingerprint density at radius 3 is 2.64 bits per heavy atom. The number of benzene rings is 2. The molecule has 0 aliphatic rings. The van der Waals surface area contributed by atoms with Gasteiger partial charge in [0.2, 0.25) is 5.95 Å². The molecule has 33 heavy (non-hydrogen) atoms. The number of anilines is 1. The van der Waals surface area contributed by atoms with Crippen LogP contribution in [0.4, 0.5) is 19.1 Å². The molecule has 166 valence electrons. The number of aromatic nitrogens is 5. The Hall–Kier alpha value is -4.21. The molecule has 0 saturated carbocycles. The van der Waals surface area contributed by atoms with E-state index in [0.717, 1.165) is 12.1 Å². The van der Waals surface area contributed by atoms with Crippen LogP contribution in [0.3, 0.4) is 0 Å². The minimum absolute atomic E-state index is 0.258. The van der Waals surface area contributed by atoms with Crippen molar-refractivity contribution in [2.75, 3.05) is 11.9 Å². The second-order valence-corrected chi connectivity index (χ2v) is 7.43. The van der Waals surface area contributed by atoms with Gasteiger partial charge >= 0.3 is 6.18 Å². The lowest BCUT2D eigenvalue weighted by Crippen LogP contribution is -2.20. The lowest BCUT2D eigenvalue weighted by atomic mass is 10.1. The average molecular weight is 450 g/mol. The van der Waals surface area contributed by atoms with E-state index in [9.17, 15) is 18.0 Å². The Kier molecular flexibility index (Phi) is 5.04. The molecule has 0 amide bonds. The zero-order chi connectivity index (χ0) is 23.0. The van der Waals surface area contributed by atoms with Crippen molar-refractivity contribution in [2.45, 2.75) is 12.6 Å². The molecule has 0 fully saturated rings. The summed E-state index contributed by atoms with van der Waals surface area (Å²) in [4.78, 5) is 22.0. The fourth-order valence-electron chi connectivity index (χ4n) is 3.71. The quantitative estimate of drug-likeness (QED) is 0.416. The number of fused-ring (bicyclic) bond motifs is 3. The van der Waals surface area contributed by atoms with Gasteiger partial charge in [0.05, 0.1) is 22.0 Å². The third-order valence-corrected chi connectivity index (χ3v) is 5.27. The first kappa shape index (κ1) is 20.7. The van der Waals surface area contributed by atoms with Gasteiger partial charge in [-0.05, 0) is 30.2 Å². The third-order valence-electron chi connectivity index (χ3n) is 5.27. The first-order chi connectivity index (χ1) is 15.9. The van der Waals surface area contributed by atoms with Crippen LogP contribution in [0.2, 0.25) is 0 Å². The normalized spacial score (nSPS) is 11.8. The van der Waals surface area contributed by atoms with E-state index >= 15 is 0 Å². The van der Waals surface area contributed by atoms with Gasteiger partial charge in [-0.1, -0.05) is 36.4 Å². The molecule has 0 bridgehead atoms. The number of pyridine rings is 1. The number of para-hydroxylation sites is 1. The number of aromatic amines is 1. The highest BCUT2D eigenvalue weighted by molar-refractivity contribution is 6.02. The summed E-state index contributed by atoms with van der Waals surface area (Å²) in [6.45, 7) is 0.313. The van der Waals surface area contributed by atoms with Crippen molar-refractivity contribution in [3.05, 3.63) is 88.5 Å². The van der Waals surface area contributed by atoms with Gasteiger partial charge in [-0.15, -0.1) is 0 Å². The summed E-state index contributed by atoms with van der Waals surface area (Å²) in [5.74, 6) is 0.258. The number of nitrogens with zero attached hydrogens (tertiary/aromatic N) is 4. The minimum atomic E-state index is -4.39. The molecular weight excluding hydrogens is 433 g/mol. The zero-order valence-electron chi connectivity index (χ0n) is 17.1. The van der Waals surface area contributed by atoms with Crippen LogP contribution in [-0.2, 0) is 12.6 Å². The van der Waals surface area contributed by atoms with E-state index in [1.54, 1.807) is 24.4 Å². The minimum Gasteiger partial charge on any atom is -0.354 e. The highest BCUT2D eigenvalue weighted by Crippen LogP contribution is 2.29. The van der Waals surface area contributed by atoms with Crippen LogP contribution >= 0.6 is 0 Å². The molecule has 0 spiro atoms. The van der Waals surface area contributed by atoms with Crippen LogP contribution in [0, 0.1) is 0 Å². The maximum absolute atomic E-state index is 13.2. The van der Waals surface area contributed by atoms with Crippen LogP contribution in [0.5, 0.6) is 0 Å². The van der Waals surface area contributed by atoms with Crippen molar-refractivity contribution in [2.24, 2.45) is 0 Å². The van der Waals surface area contributed by atoms with Gasteiger partial charge in [-0.25, -0.2) is 4.98 Å². The van der Waals surface area contributed by atoms with Crippen LogP contribution in [-0.4, -0.2) is 31.3 Å². The van der Waals surface area contributed by atoms with E-state index in [4.69, 9.17) is 0 Å². The Morgan fingerprint density at radius 1 is 1.03 bits per heavy atom. The zero-order valence-corrected chi connectivity index (χ0v) is 17.1. The van der Waals surface area contributed by atoms with Gasteiger partial charge in [0.15, 0.2) is 5.65 Å². The molecule has 0 aliphatic carbocycles. The van der Waals surface area contributed by atoms with E-state index in [2.05, 4.69) is 25.5 Å². The van der Waals surface area contributed by atoms with Crippen LogP contribution in [0.25, 0.3) is 27.6 Å². The smallest absolute Gasteiger partial charge is 0.354 e. The van der Waals surface area contributed by atoms with Crippen molar-refractivity contribution >= 4 is 27.9 Å².